The topological polar surface area (TPSA) is 12.0 Å². The SMILES string of the molecule is CCCCCCCCCCC/C=C1/CCCNCC1. The van der Waals surface area contributed by atoms with Crippen LogP contribution in [0.2, 0.25) is 0 Å². The van der Waals surface area contributed by atoms with Gasteiger partial charge in [0.2, 0.25) is 0 Å². The summed E-state index contributed by atoms with van der Waals surface area (Å²) in [6.07, 6.45) is 20.8. The normalized spacial score (nSPS) is 18.7. The summed E-state index contributed by atoms with van der Waals surface area (Å²) in [4.78, 5) is 0. The summed E-state index contributed by atoms with van der Waals surface area (Å²) in [7, 11) is 0. The molecule has 1 nitrogen and oxygen atoms in total. The standard InChI is InChI=1S/C18H35N/c1-2-3-4-5-6-7-8-9-10-11-13-18-14-12-16-19-17-15-18/h13,19H,2-12,14-17H2,1H3/b18-13-. The van der Waals surface area contributed by atoms with Crippen LogP contribution in [0.4, 0.5) is 0 Å². The maximum atomic E-state index is 3.48. The lowest BCUT2D eigenvalue weighted by Gasteiger charge is -2.03. The summed E-state index contributed by atoms with van der Waals surface area (Å²) in [5.41, 5.74) is 1.71. The summed E-state index contributed by atoms with van der Waals surface area (Å²) < 4.78 is 0. The largest absolute Gasteiger partial charge is 0.316 e. The molecule has 0 aromatic carbocycles. The lowest BCUT2D eigenvalue weighted by atomic mass is 10.0. The van der Waals surface area contributed by atoms with Gasteiger partial charge in [-0.2, -0.15) is 0 Å². The Morgan fingerprint density at radius 1 is 0.842 bits per heavy atom. The van der Waals surface area contributed by atoms with Crippen molar-refractivity contribution in [3.05, 3.63) is 11.6 Å². The fourth-order valence-electron chi connectivity index (χ4n) is 2.90. The number of hydrogen-bond acceptors (Lipinski definition) is 1. The summed E-state index contributed by atoms with van der Waals surface area (Å²) in [6, 6.07) is 0. The van der Waals surface area contributed by atoms with E-state index in [9.17, 15) is 0 Å². The fraction of sp³-hybridized carbons (Fsp3) is 0.889. The van der Waals surface area contributed by atoms with Crippen LogP contribution in [0, 0.1) is 0 Å². The Balaban J connectivity index is 1.86. The van der Waals surface area contributed by atoms with Gasteiger partial charge in [0.25, 0.3) is 0 Å². The number of allylic oxidation sites excluding steroid dienone is 1. The van der Waals surface area contributed by atoms with E-state index in [1.807, 2.05) is 0 Å². The Hall–Kier alpha value is -0.300. The monoisotopic (exact) mass is 265 g/mol. The number of rotatable bonds is 10. The molecule has 0 bridgehead atoms. The lowest BCUT2D eigenvalue weighted by Crippen LogP contribution is -2.13. The molecule has 0 aliphatic carbocycles. The van der Waals surface area contributed by atoms with Crippen LogP contribution >= 0.6 is 0 Å². The molecule has 19 heavy (non-hydrogen) atoms. The van der Waals surface area contributed by atoms with E-state index in [1.165, 1.54) is 96.6 Å². The zero-order chi connectivity index (χ0) is 13.6. The quantitative estimate of drug-likeness (QED) is 0.400. The number of unbranched alkanes of at least 4 members (excludes halogenated alkanes) is 9. The Morgan fingerprint density at radius 3 is 2.26 bits per heavy atom. The van der Waals surface area contributed by atoms with Gasteiger partial charge in [0.1, 0.15) is 0 Å². The highest BCUT2D eigenvalue weighted by molar-refractivity contribution is 5.03. The van der Waals surface area contributed by atoms with Crippen LogP contribution in [-0.4, -0.2) is 13.1 Å². The lowest BCUT2D eigenvalue weighted by molar-refractivity contribution is 0.566. The Labute approximate surface area is 121 Å². The van der Waals surface area contributed by atoms with E-state index in [0.717, 1.165) is 0 Å². The van der Waals surface area contributed by atoms with Gasteiger partial charge in [-0.25, -0.2) is 0 Å². The van der Waals surface area contributed by atoms with Crippen molar-refractivity contribution in [2.45, 2.75) is 90.4 Å². The van der Waals surface area contributed by atoms with Gasteiger partial charge in [0.15, 0.2) is 0 Å². The molecule has 0 radical (unpaired) electrons. The predicted octanol–water partition coefficient (Wildman–Crippen LogP) is 5.61. The van der Waals surface area contributed by atoms with Crippen molar-refractivity contribution in [2.75, 3.05) is 13.1 Å². The molecule has 1 N–H and O–H groups in total. The molecule has 0 aromatic rings. The Morgan fingerprint density at radius 2 is 1.53 bits per heavy atom. The molecule has 0 atom stereocenters. The third-order valence-electron chi connectivity index (χ3n) is 4.22. The van der Waals surface area contributed by atoms with Crippen molar-refractivity contribution < 1.29 is 0 Å². The smallest absolute Gasteiger partial charge is 0.00116 e. The van der Waals surface area contributed by atoms with Gasteiger partial charge in [0.05, 0.1) is 0 Å². The molecule has 1 rings (SSSR count). The Bertz CT molecular complexity index is 210. The first-order valence-corrected chi connectivity index (χ1v) is 8.82. The average molecular weight is 265 g/mol. The maximum Gasteiger partial charge on any atom is -0.00116 e. The summed E-state index contributed by atoms with van der Waals surface area (Å²) in [6.45, 7) is 4.71. The first-order chi connectivity index (χ1) is 9.43. The van der Waals surface area contributed by atoms with Gasteiger partial charge in [-0.3, -0.25) is 0 Å². The Kier molecular flexibility index (Phi) is 11.2. The van der Waals surface area contributed by atoms with Crippen molar-refractivity contribution in [2.24, 2.45) is 0 Å². The molecule has 0 amide bonds. The molecule has 1 aliphatic heterocycles. The molecule has 0 aromatic heterocycles. The second-order valence-electron chi connectivity index (χ2n) is 6.08. The van der Waals surface area contributed by atoms with E-state index < -0.39 is 0 Å². The second kappa shape index (κ2) is 12.7. The van der Waals surface area contributed by atoms with Crippen molar-refractivity contribution in [3.63, 3.8) is 0 Å². The molecule has 1 fully saturated rings. The summed E-state index contributed by atoms with van der Waals surface area (Å²) in [5, 5.41) is 3.48. The fourth-order valence-corrected chi connectivity index (χ4v) is 2.90. The van der Waals surface area contributed by atoms with Crippen LogP contribution in [0.15, 0.2) is 11.6 Å². The molecule has 1 saturated heterocycles. The minimum absolute atomic E-state index is 1.20. The van der Waals surface area contributed by atoms with Crippen LogP contribution in [0.1, 0.15) is 90.4 Å². The van der Waals surface area contributed by atoms with Crippen LogP contribution < -0.4 is 5.32 Å². The van der Waals surface area contributed by atoms with E-state index in [1.54, 1.807) is 5.57 Å². The van der Waals surface area contributed by atoms with Crippen LogP contribution in [0.3, 0.4) is 0 Å². The molecule has 1 heterocycles. The third kappa shape index (κ3) is 10.2. The zero-order valence-corrected chi connectivity index (χ0v) is 13.2. The molecule has 112 valence electrons. The average Bonchev–Trinajstić information content (AvgIpc) is 2.69. The van der Waals surface area contributed by atoms with Gasteiger partial charge in [-0.15, -0.1) is 0 Å². The highest BCUT2D eigenvalue weighted by atomic mass is 14.8. The highest BCUT2D eigenvalue weighted by Crippen LogP contribution is 2.15. The molecule has 0 spiro atoms. The van der Waals surface area contributed by atoms with Crippen molar-refractivity contribution in [3.8, 4) is 0 Å². The van der Waals surface area contributed by atoms with E-state index in [-0.39, 0.29) is 0 Å². The minimum atomic E-state index is 1.20. The van der Waals surface area contributed by atoms with Gasteiger partial charge < -0.3 is 5.32 Å². The van der Waals surface area contributed by atoms with E-state index in [2.05, 4.69) is 18.3 Å². The third-order valence-corrected chi connectivity index (χ3v) is 4.22. The van der Waals surface area contributed by atoms with E-state index >= 15 is 0 Å². The maximum absolute atomic E-state index is 3.48. The van der Waals surface area contributed by atoms with Gasteiger partial charge >= 0.3 is 0 Å². The van der Waals surface area contributed by atoms with E-state index in [0.29, 0.717) is 0 Å². The minimum Gasteiger partial charge on any atom is -0.316 e. The number of hydrogen-bond donors (Lipinski definition) is 1. The molecule has 1 heteroatoms. The van der Waals surface area contributed by atoms with Gasteiger partial charge in [-0.1, -0.05) is 69.9 Å². The molecular formula is C18H35N. The zero-order valence-electron chi connectivity index (χ0n) is 13.2. The molecule has 0 saturated carbocycles. The number of nitrogens with one attached hydrogen (secondary N) is 1. The highest BCUT2D eigenvalue weighted by Gasteiger charge is 2.02. The van der Waals surface area contributed by atoms with Gasteiger partial charge in [-0.05, 0) is 45.2 Å². The second-order valence-corrected chi connectivity index (χ2v) is 6.08. The van der Waals surface area contributed by atoms with Crippen molar-refractivity contribution in [1.29, 1.82) is 0 Å². The van der Waals surface area contributed by atoms with Crippen LogP contribution in [0.5, 0.6) is 0 Å². The first kappa shape index (κ1) is 16.8. The molecule has 1 aliphatic rings. The van der Waals surface area contributed by atoms with Crippen LogP contribution in [-0.2, 0) is 0 Å². The first-order valence-electron chi connectivity index (χ1n) is 8.82. The molecule has 0 unspecified atom stereocenters. The van der Waals surface area contributed by atoms with Crippen molar-refractivity contribution >= 4 is 0 Å². The van der Waals surface area contributed by atoms with E-state index in [4.69, 9.17) is 0 Å². The van der Waals surface area contributed by atoms with Gasteiger partial charge in [0, 0.05) is 0 Å². The summed E-state index contributed by atoms with van der Waals surface area (Å²) >= 11 is 0. The van der Waals surface area contributed by atoms with Crippen LogP contribution in [0.25, 0.3) is 0 Å². The van der Waals surface area contributed by atoms with Crippen molar-refractivity contribution in [1.82, 2.24) is 5.32 Å². The summed E-state index contributed by atoms with van der Waals surface area (Å²) in [5.74, 6) is 0. The molecular weight excluding hydrogens is 230 g/mol. The predicted molar refractivity (Wildman–Crippen MR) is 86.6 cm³/mol.